The molecule has 0 spiro atoms. The number of amides is 2. The van der Waals surface area contributed by atoms with E-state index in [2.05, 4.69) is 21.9 Å². The fourth-order valence-electron chi connectivity index (χ4n) is 2.27. The highest BCUT2D eigenvalue weighted by Crippen LogP contribution is 2.08. The summed E-state index contributed by atoms with van der Waals surface area (Å²) in [6.07, 6.45) is 0.383. The molecule has 0 fully saturated rings. The van der Waals surface area contributed by atoms with Gasteiger partial charge in [-0.1, -0.05) is 17.7 Å². The molecule has 0 aromatic heterocycles. The first-order valence-electron chi connectivity index (χ1n) is 7.77. The summed E-state index contributed by atoms with van der Waals surface area (Å²) in [5, 5.41) is 5.11. The van der Waals surface area contributed by atoms with Crippen LogP contribution in [0.4, 0.5) is 4.39 Å². The van der Waals surface area contributed by atoms with Gasteiger partial charge in [0.2, 0.25) is 11.8 Å². The Balaban J connectivity index is 2.90. The van der Waals surface area contributed by atoms with Gasteiger partial charge in [0, 0.05) is 13.3 Å². The van der Waals surface area contributed by atoms with E-state index in [4.69, 9.17) is 0 Å². The molecule has 7 heteroatoms. The molecule has 2 amide bonds. The molecule has 0 unspecified atom stereocenters. The lowest BCUT2D eigenvalue weighted by Crippen LogP contribution is -2.52. The van der Waals surface area contributed by atoms with Gasteiger partial charge in [0.15, 0.2) is 0 Å². The lowest BCUT2D eigenvalue weighted by molar-refractivity contribution is -0.145. The van der Waals surface area contributed by atoms with Crippen LogP contribution < -0.4 is 10.6 Å². The summed E-state index contributed by atoms with van der Waals surface area (Å²) in [6, 6.07) is 3.82. The molecule has 1 aromatic carbocycles. The molecule has 0 bridgehead atoms. The number of rotatable bonds is 8. The number of benzene rings is 1. The SMILES string of the molecule is C=C(C)C[C@@H](NC(=O)[C@H](Cc1ccc(F)cc1)NC(C)=O)C(=O)OC. The van der Waals surface area contributed by atoms with Gasteiger partial charge in [0.1, 0.15) is 17.9 Å². The third kappa shape index (κ3) is 7.15. The zero-order valence-corrected chi connectivity index (χ0v) is 14.6. The van der Waals surface area contributed by atoms with Crippen molar-refractivity contribution in [2.75, 3.05) is 7.11 Å². The van der Waals surface area contributed by atoms with Crippen LogP contribution in [0.3, 0.4) is 0 Å². The fraction of sp³-hybridized carbons (Fsp3) is 0.389. The second-order valence-electron chi connectivity index (χ2n) is 5.83. The monoisotopic (exact) mass is 350 g/mol. The number of carbonyl (C=O) groups excluding carboxylic acids is 3. The number of carbonyl (C=O) groups is 3. The first-order valence-corrected chi connectivity index (χ1v) is 7.77. The summed E-state index contributed by atoms with van der Waals surface area (Å²) >= 11 is 0. The molecular weight excluding hydrogens is 327 g/mol. The van der Waals surface area contributed by atoms with E-state index in [1.165, 1.54) is 38.3 Å². The summed E-state index contributed by atoms with van der Waals surface area (Å²) < 4.78 is 17.7. The molecule has 0 saturated heterocycles. The number of esters is 1. The molecule has 0 aliphatic heterocycles. The summed E-state index contributed by atoms with van der Waals surface area (Å²) in [5.74, 6) is -1.91. The Morgan fingerprint density at radius 3 is 2.20 bits per heavy atom. The van der Waals surface area contributed by atoms with Gasteiger partial charge in [-0.05, 0) is 31.0 Å². The Morgan fingerprint density at radius 1 is 1.12 bits per heavy atom. The van der Waals surface area contributed by atoms with Crippen LogP contribution in [-0.2, 0) is 25.5 Å². The quantitative estimate of drug-likeness (QED) is 0.550. The lowest BCUT2D eigenvalue weighted by Gasteiger charge is -2.22. The highest BCUT2D eigenvalue weighted by Gasteiger charge is 2.27. The minimum atomic E-state index is -0.903. The maximum atomic E-state index is 13.0. The summed E-state index contributed by atoms with van der Waals surface area (Å²) in [7, 11) is 1.23. The van der Waals surface area contributed by atoms with Gasteiger partial charge in [0.25, 0.3) is 0 Å². The third-order valence-corrected chi connectivity index (χ3v) is 3.40. The fourth-order valence-corrected chi connectivity index (χ4v) is 2.27. The molecule has 0 aliphatic rings. The minimum absolute atomic E-state index is 0.159. The van der Waals surface area contributed by atoms with Crippen molar-refractivity contribution < 1.29 is 23.5 Å². The first-order chi connectivity index (χ1) is 11.7. The molecule has 0 saturated carbocycles. The van der Waals surface area contributed by atoms with Crippen molar-refractivity contribution in [3.8, 4) is 0 Å². The summed E-state index contributed by atoms with van der Waals surface area (Å²) in [4.78, 5) is 35.7. The van der Waals surface area contributed by atoms with E-state index in [1.807, 2.05) is 0 Å². The van der Waals surface area contributed by atoms with Gasteiger partial charge in [-0.25, -0.2) is 9.18 Å². The summed E-state index contributed by atoms with van der Waals surface area (Å²) in [6.45, 7) is 6.74. The maximum Gasteiger partial charge on any atom is 0.328 e. The van der Waals surface area contributed by atoms with Crippen LogP contribution in [0.2, 0.25) is 0 Å². The number of hydrogen-bond acceptors (Lipinski definition) is 4. The van der Waals surface area contributed by atoms with Crippen molar-refractivity contribution >= 4 is 17.8 Å². The molecule has 1 aromatic rings. The topological polar surface area (TPSA) is 84.5 Å². The summed E-state index contributed by atoms with van der Waals surface area (Å²) in [5.41, 5.74) is 1.37. The van der Waals surface area contributed by atoms with Gasteiger partial charge in [-0.15, -0.1) is 6.58 Å². The Morgan fingerprint density at radius 2 is 1.72 bits per heavy atom. The Bertz CT molecular complexity index is 643. The van der Waals surface area contributed by atoms with Crippen LogP contribution in [0, 0.1) is 5.82 Å². The molecule has 0 radical (unpaired) electrons. The highest BCUT2D eigenvalue weighted by atomic mass is 19.1. The second kappa shape index (κ2) is 9.56. The standard InChI is InChI=1S/C18H23FN2O4/c1-11(2)9-16(18(24)25-4)21-17(23)15(20-12(3)22)10-13-5-7-14(19)8-6-13/h5-8,15-16H,1,9-10H2,2-4H3,(H,20,22)(H,21,23)/t15-,16+/m0/s1. The molecule has 6 nitrogen and oxygen atoms in total. The molecule has 0 heterocycles. The van der Waals surface area contributed by atoms with E-state index in [0.717, 1.165) is 0 Å². The number of hydrogen-bond donors (Lipinski definition) is 2. The van der Waals surface area contributed by atoms with Crippen molar-refractivity contribution in [3.63, 3.8) is 0 Å². The Labute approximate surface area is 146 Å². The molecule has 1 rings (SSSR count). The number of nitrogens with one attached hydrogen (secondary N) is 2. The maximum absolute atomic E-state index is 13.0. The van der Waals surface area contributed by atoms with Gasteiger partial charge in [0.05, 0.1) is 7.11 Å². The van der Waals surface area contributed by atoms with E-state index < -0.39 is 35.7 Å². The Hall–Kier alpha value is -2.70. The average Bonchev–Trinajstić information content (AvgIpc) is 2.54. The highest BCUT2D eigenvalue weighted by molar-refractivity contribution is 5.90. The number of methoxy groups -OCH3 is 1. The zero-order valence-electron chi connectivity index (χ0n) is 14.6. The van der Waals surface area contributed by atoms with Crippen LogP contribution in [-0.4, -0.2) is 37.0 Å². The first kappa shape index (κ1) is 20.3. The second-order valence-corrected chi connectivity index (χ2v) is 5.83. The van der Waals surface area contributed by atoms with Crippen LogP contribution in [0.15, 0.2) is 36.4 Å². The lowest BCUT2D eigenvalue weighted by atomic mass is 10.0. The third-order valence-electron chi connectivity index (χ3n) is 3.40. The Kier molecular flexibility index (Phi) is 7.78. The predicted octanol–water partition coefficient (Wildman–Crippen LogP) is 1.50. The smallest absolute Gasteiger partial charge is 0.328 e. The number of ether oxygens (including phenoxy) is 1. The molecular formula is C18H23FN2O4. The van der Waals surface area contributed by atoms with Crippen molar-refractivity contribution in [1.29, 1.82) is 0 Å². The largest absolute Gasteiger partial charge is 0.467 e. The molecule has 136 valence electrons. The van der Waals surface area contributed by atoms with Gasteiger partial charge in [-0.2, -0.15) is 0 Å². The van der Waals surface area contributed by atoms with E-state index >= 15 is 0 Å². The van der Waals surface area contributed by atoms with Crippen LogP contribution in [0.25, 0.3) is 0 Å². The molecule has 25 heavy (non-hydrogen) atoms. The molecule has 2 atom stereocenters. The van der Waals surface area contributed by atoms with Crippen LogP contribution >= 0.6 is 0 Å². The van der Waals surface area contributed by atoms with Crippen LogP contribution in [0.5, 0.6) is 0 Å². The predicted molar refractivity (Wildman–Crippen MR) is 91.1 cm³/mol. The molecule has 2 N–H and O–H groups in total. The zero-order chi connectivity index (χ0) is 19.0. The van der Waals surface area contributed by atoms with Crippen molar-refractivity contribution in [3.05, 3.63) is 47.8 Å². The number of halogens is 1. The van der Waals surface area contributed by atoms with Crippen molar-refractivity contribution in [1.82, 2.24) is 10.6 Å². The van der Waals surface area contributed by atoms with Gasteiger partial charge >= 0.3 is 5.97 Å². The van der Waals surface area contributed by atoms with Gasteiger partial charge < -0.3 is 15.4 Å². The van der Waals surface area contributed by atoms with E-state index in [1.54, 1.807) is 6.92 Å². The van der Waals surface area contributed by atoms with Gasteiger partial charge in [-0.3, -0.25) is 9.59 Å². The van der Waals surface area contributed by atoms with E-state index in [0.29, 0.717) is 11.1 Å². The normalized spacial score (nSPS) is 12.6. The molecule has 0 aliphatic carbocycles. The van der Waals surface area contributed by atoms with Crippen LogP contribution in [0.1, 0.15) is 25.8 Å². The average molecular weight is 350 g/mol. The van der Waals surface area contributed by atoms with Crippen molar-refractivity contribution in [2.45, 2.75) is 38.8 Å². The van der Waals surface area contributed by atoms with E-state index in [-0.39, 0.29) is 12.8 Å². The van der Waals surface area contributed by atoms with E-state index in [9.17, 15) is 18.8 Å². The minimum Gasteiger partial charge on any atom is -0.467 e. The van der Waals surface area contributed by atoms with Crippen molar-refractivity contribution in [2.24, 2.45) is 0 Å².